The number of hydrogen-bond acceptors (Lipinski definition) is 3. The maximum Gasteiger partial charge on any atom is 0.236 e. The average molecular weight is 283 g/mol. The molecule has 1 saturated carbocycles. The molecule has 0 spiro atoms. The first-order valence-corrected chi connectivity index (χ1v) is 7.20. The number of piperidine rings is 1. The van der Waals surface area contributed by atoms with Crippen molar-refractivity contribution in [1.82, 2.24) is 0 Å². The molecule has 1 heterocycles. The first-order chi connectivity index (χ1) is 10.1. The summed E-state index contributed by atoms with van der Waals surface area (Å²) in [7, 11) is 0. The highest BCUT2D eigenvalue weighted by atomic mass is 16.2. The molecule has 2 unspecified atom stereocenters. The third kappa shape index (κ3) is 2.34. The average Bonchev–Trinajstić information content (AvgIpc) is 2.93. The van der Waals surface area contributed by atoms with Gasteiger partial charge in [-0.2, -0.15) is 0 Å². The van der Waals surface area contributed by atoms with Crippen LogP contribution in [0, 0.1) is 30.6 Å². The summed E-state index contributed by atoms with van der Waals surface area (Å²) in [6.07, 6.45) is 2.33. The van der Waals surface area contributed by atoms with Gasteiger partial charge in [0.05, 0.1) is 5.69 Å². The Hall–Kier alpha value is -2.12. The van der Waals surface area contributed by atoms with Crippen molar-refractivity contribution < 1.29 is 14.7 Å². The number of hydrogen-bond donors (Lipinski definition) is 1. The SMILES string of the molecule is Cc1ccc(C#CCO)cc1N1C(=O)C2CCC(C2)C1=O. The summed E-state index contributed by atoms with van der Waals surface area (Å²) in [5.74, 6) is 5.21. The summed E-state index contributed by atoms with van der Waals surface area (Å²) in [4.78, 5) is 26.4. The fourth-order valence-corrected chi connectivity index (χ4v) is 3.21. The minimum Gasteiger partial charge on any atom is -0.384 e. The molecule has 1 N–H and O–H groups in total. The Balaban J connectivity index is 2.02. The van der Waals surface area contributed by atoms with Crippen molar-refractivity contribution in [3.63, 3.8) is 0 Å². The molecule has 4 heteroatoms. The summed E-state index contributed by atoms with van der Waals surface area (Å²) in [6, 6.07) is 5.45. The lowest BCUT2D eigenvalue weighted by Gasteiger charge is -2.30. The fourth-order valence-electron chi connectivity index (χ4n) is 3.21. The molecular weight excluding hydrogens is 266 g/mol. The number of nitrogens with zero attached hydrogens (tertiary/aromatic N) is 1. The number of benzene rings is 1. The Morgan fingerprint density at radius 3 is 2.52 bits per heavy atom. The number of anilines is 1. The molecular formula is C17H17NO3. The number of aryl methyl sites for hydroxylation is 1. The summed E-state index contributed by atoms with van der Waals surface area (Å²) in [5, 5.41) is 8.77. The van der Waals surface area contributed by atoms with E-state index in [4.69, 9.17) is 5.11 Å². The smallest absolute Gasteiger partial charge is 0.236 e. The van der Waals surface area contributed by atoms with Gasteiger partial charge in [-0.25, -0.2) is 4.90 Å². The molecule has 1 saturated heterocycles. The molecule has 2 aliphatic rings. The van der Waals surface area contributed by atoms with E-state index in [9.17, 15) is 9.59 Å². The van der Waals surface area contributed by atoms with E-state index in [1.165, 1.54) is 4.90 Å². The van der Waals surface area contributed by atoms with Crippen molar-refractivity contribution in [3.8, 4) is 11.8 Å². The van der Waals surface area contributed by atoms with E-state index in [0.717, 1.165) is 18.4 Å². The molecule has 2 fully saturated rings. The predicted molar refractivity (Wildman–Crippen MR) is 78.5 cm³/mol. The molecule has 4 nitrogen and oxygen atoms in total. The van der Waals surface area contributed by atoms with Crippen molar-refractivity contribution in [2.24, 2.45) is 11.8 Å². The van der Waals surface area contributed by atoms with Gasteiger partial charge in [-0.15, -0.1) is 0 Å². The van der Waals surface area contributed by atoms with Crippen LogP contribution >= 0.6 is 0 Å². The first kappa shape index (κ1) is 13.8. The fraction of sp³-hybridized carbons (Fsp3) is 0.412. The Kier molecular flexibility index (Phi) is 3.52. The second kappa shape index (κ2) is 5.34. The quantitative estimate of drug-likeness (QED) is 0.629. The molecule has 3 rings (SSSR count). The molecule has 0 radical (unpaired) electrons. The van der Waals surface area contributed by atoms with Gasteiger partial charge in [0, 0.05) is 17.4 Å². The van der Waals surface area contributed by atoms with Crippen molar-refractivity contribution in [2.45, 2.75) is 26.2 Å². The number of imide groups is 1. The van der Waals surface area contributed by atoms with Gasteiger partial charge in [0.25, 0.3) is 0 Å². The van der Waals surface area contributed by atoms with Gasteiger partial charge in [-0.05, 0) is 43.9 Å². The van der Waals surface area contributed by atoms with Crippen LogP contribution in [-0.2, 0) is 9.59 Å². The zero-order valence-electron chi connectivity index (χ0n) is 11.9. The highest BCUT2D eigenvalue weighted by Gasteiger charge is 2.46. The maximum atomic E-state index is 12.5. The third-order valence-corrected chi connectivity index (χ3v) is 4.33. The topological polar surface area (TPSA) is 57.6 Å². The Morgan fingerprint density at radius 1 is 1.24 bits per heavy atom. The van der Waals surface area contributed by atoms with Crippen molar-refractivity contribution in [3.05, 3.63) is 29.3 Å². The van der Waals surface area contributed by atoms with Crippen LogP contribution in [0.4, 0.5) is 5.69 Å². The van der Waals surface area contributed by atoms with E-state index in [0.29, 0.717) is 17.7 Å². The molecule has 21 heavy (non-hydrogen) atoms. The van der Waals surface area contributed by atoms with E-state index < -0.39 is 0 Å². The lowest BCUT2D eigenvalue weighted by molar-refractivity contribution is -0.133. The predicted octanol–water partition coefficient (Wildman–Crippen LogP) is 1.63. The molecule has 2 atom stereocenters. The van der Waals surface area contributed by atoms with Crippen LogP contribution in [0.5, 0.6) is 0 Å². The number of aliphatic hydroxyl groups is 1. The first-order valence-electron chi connectivity index (χ1n) is 7.20. The molecule has 1 aliphatic carbocycles. The van der Waals surface area contributed by atoms with Gasteiger partial charge in [0.1, 0.15) is 6.61 Å². The third-order valence-electron chi connectivity index (χ3n) is 4.33. The Labute approximate surface area is 123 Å². The number of carbonyl (C=O) groups is 2. The van der Waals surface area contributed by atoms with Crippen molar-refractivity contribution in [2.75, 3.05) is 11.5 Å². The van der Waals surface area contributed by atoms with Crippen molar-refractivity contribution >= 4 is 17.5 Å². The monoisotopic (exact) mass is 283 g/mol. The molecule has 1 aromatic rings. The van der Waals surface area contributed by atoms with Gasteiger partial charge in [-0.1, -0.05) is 17.9 Å². The van der Waals surface area contributed by atoms with Gasteiger partial charge in [-0.3, -0.25) is 9.59 Å². The van der Waals surface area contributed by atoms with E-state index in [2.05, 4.69) is 11.8 Å². The van der Waals surface area contributed by atoms with Crippen LogP contribution in [0.25, 0.3) is 0 Å². The molecule has 108 valence electrons. The lowest BCUT2D eigenvalue weighted by Crippen LogP contribution is -2.46. The second-order valence-electron chi connectivity index (χ2n) is 5.68. The largest absolute Gasteiger partial charge is 0.384 e. The van der Waals surface area contributed by atoms with Crippen LogP contribution in [0.1, 0.15) is 30.4 Å². The Morgan fingerprint density at radius 2 is 1.90 bits per heavy atom. The lowest BCUT2D eigenvalue weighted by atomic mass is 9.95. The van der Waals surface area contributed by atoms with E-state index in [1.807, 2.05) is 19.1 Å². The van der Waals surface area contributed by atoms with Gasteiger partial charge >= 0.3 is 0 Å². The summed E-state index contributed by atoms with van der Waals surface area (Å²) in [6.45, 7) is 1.67. The van der Waals surface area contributed by atoms with E-state index >= 15 is 0 Å². The van der Waals surface area contributed by atoms with Crippen molar-refractivity contribution in [1.29, 1.82) is 0 Å². The van der Waals surface area contributed by atoms with Crippen LogP contribution in [0.2, 0.25) is 0 Å². The number of fused-ring (bicyclic) bond motifs is 2. The number of rotatable bonds is 1. The Bertz CT molecular complexity index is 646. The van der Waals surface area contributed by atoms with Crippen LogP contribution < -0.4 is 4.90 Å². The normalized spacial score (nSPS) is 24.0. The maximum absolute atomic E-state index is 12.5. The molecule has 2 amide bonds. The van der Waals surface area contributed by atoms with Gasteiger partial charge in [0.15, 0.2) is 0 Å². The molecule has 1 aliphatic heterocycles. The van der Waals surface area contributed by atoms with Crippen LogP contribution in [0.3, 0.4) is 0 Å². The van der Waals surface area contributed by atoms with Gasteiger partial charge in [0.2, 0.25) is 11.8 Å². The molecule has 1 aromatic carbocycles. The highest BCUT2D eigenvalue weighted by molar-refractivity contribution is 6.19. The summed E-state index contributed by atoms with van der Waals surface area (Å²) >= 11 is 0. The highest BCUT2D eigenvalue weighted by Crippen LogP contribution is 2.40. The zero-order valence-corrected chi connectivity index (χ0v) is 11.9. The number of carbonyl (C=O) groups excluding carboxylic acids is 2. The standard InChI is InChI=1S/C17H17NO3/c1-11-4-5-12(3-2-8-19)9-15(11)18-16(20)13-6-7-14(10-13)17(18)21/h4-5,9,13-14,19H,6-8,10H2,1H3. The zero-order chi connectivity index (χ0) is 15.0. The number of amides is 2. The summed E-state index contributed by atoms with van der Waals surface area (Å²) in [5.41, 5.74) is 2.21. The van der Waals surface area contributed by atoms with E-state index in [1.54, 1.807) is 6.07 Å². The number of aliphatic hydroxyl groups excluding tert-OH is 1. The van der Waals surface area contributed by atoms with E-state index in [-0.39, 0.29) is 30.3 Å². The van der Waals surface area contributed by atoms with Crippen LogP contribution in [-0.4, -0.2) is 23.5 Å². The minimum atomic E-state index is -0.213. The molecule has 2 bridgehead atoms. The van der Waals surface area contributed by atoms with Crippen LogP contribution in [0.15, 0.2) is 18.2 Å². The molecule has 0 aromatic heterocycles. The minimum absolute atomic E-state index is 0.0146. The second-order valence-corrected chi connectivity index (χ2v) is 5.68. The summed E-state index contributed by atoms with van der Waals surface area (Å²) < 4.78 is 0. The van der Waals surface area contributed by atoms with Gasteiger partial charge < -0.3 is 5.11 Å².